The molecule has 0 unspecified atom stereocenters. The lowest BCUT2D eigenvalue weighted by molar-refractivity contribution is -0.142. The number of aromatic hydroxyl groups is 1. The van der Waals surface area contributed by atoms with Crippen molar-refractivity contribution in [2.24, 2.45) is 0 Å². The van der Waals surface area contributed by atoms with Crippen molar-refractivity contribution >= 4 is 17.6 Å². The van der Waals surface area contributed by atoms with E-state index in [4.69, 9.17) is 21.4 Å². The van der Waals surface area contributed by atoms with Crippen molar-refractivity contribution in [2.45, 2.75) is 47.0 Å². The van der Waals surface area contributed by atoms with Gasteiger partial charge < -0.3 is 14.6 Å². The molecular weight excluding hydrogens is 400 g/mol. The van der Waals surface area contributed by atoms with E-state index in [-0.39, 0.29) is 12.4 Å². The molecule has 0 radical (unpaired) electrons. The number of methoxy groups -OCH3 is 1. The number of alkyl halides is 1. The first kappa shape index (κ1) is 29.7. The van der Waals surface area contributed by atoms with Crippen LogP contribution in [-0.2, 0) is 9.53 Å². The Labute approximate surface area is 187 Å². The molecule has 0 heterocycles. The van der Waals surface area contributed by atoms with Crippen molar-refractivity contribution < 1.29 is 19.4 Å². The second-order valence-corrected chi connectivity index (χ2v) is 6.76. The van der Waals surface area contributed by atoms with Crippen LogP contribution in [0.15, 0.2) is 66.8 Å². The maximum absolute atomic E-state index is 10.8. The number of rotatable bonds is 9. The molecule has 1 aromatic rings. The molecule has 0 saturated heterocycles. The number of phenolic OH excluding ortho intramolecular Hbond substituents is 1. The second kappa shape index (κ2) is 18.6. The predicted octanol–water partition coefficient (Wildman–Crippen LogP) is 6.92. The third-order valence-corrected chi connectivity index (χ3v) is 3.93. The summed E-state index contributed by atoms with van der Waals surface area (Å²) in [7, 11) is 1.30. The summed E-state index contributed by atoms with van der Waals surface area (Å²) in [5.41, 5.74) is 3.61. The Kier molecular flexibility index (Phi) is 18.4. The molecule has 0 aliphatic rings. The summed E-state index contributed by atoms with van der Waals surface area (Å²) < 4.78 is 9.58. The summed E-state index contributed by atoms with van der Waals surface area (Å²) >= 11 is 5.55. The Hall–Kier alpha value is -2.46. The standard InChI is InChI=1S/C10H13Cl.C10H12O4.C5H12/c1-5-9(4)10(6-7-11)8(2)3;1-7-5-8(11)3-4-9(7)14-6-10(12)13-2;1-3-5-4-2/h5-6H,1-2,4,7H2,3H3;3-5,11H,6H2,1-2H3;3-5H2,1-2H3/b10-6+;;. The minimum atomic E-state index is -0.433. The van der Waals surface area contributed by atoms with Crippen LogP contribution < -0.4 is 4.74 Å². The number of allylic oxidation sites excluding steroid dienone is 5. The van der Waals surface area contributed by atoms with Crippen LogP contribution in [0.1, 0.15) is 45.6 Å². The summed E-state index contributed by atoms with van der Waals surface area (Å²) in [6, 6.07) is 4.67. The zero-order chi connectivity index (χ0) is 23.5. The van der Waals surface area contributed by atoms with Crippen LogP contribution in [0, 0.1) is 6.92 Å². The third kappa shape index (κ3) is 14.5. The topological polar surface area (TPSA) is 55.8 Å². The van der Waals surface area contributed by atoms with Gasteiger partial charge in [0.1, 0.15) is 11.5 Å². The number of phenols is 1. The highest BCUT2D eigenvalue weighted by Crippen LogP contribution is 2.22. The van der Waals surface area contributed by atoms with Gasteiger partial charge in [0, 0.05) is 5.88 Å². The van der Waals surface area contributed by atoms with Crippen LogP contribution in [0.2, 0.25) is 0 Å². The number of carbonyl (C=O) groups excluding carboxylic acids is 1. The molecule has 0 aliphatic heterocycles. The van der Waals surface area contributed by atoms with Gasteiger partial charge in [0.05, 0.1) is 7.11 Å². The van der Waals surface area contributed by atoms with Gasteiger partial charge in [-0.2, -0.15) is 0 Å². The van der Waals surface area contributed by atoms with Crippen molar-refractivity contribution in [2.75, 3.05) is 19.6 Å². The molecule has 0 atom stereocenters. The van der Waals surface area contributed by atoms with Crippen LogP contribution in [0.3, 0.4) is 0 Å². The Balaban J connectivity index is 0. The molecule has 0 fully saturated rings. The molecule has 0 amide bonds. The van der Waals surface area contributed by atoms with E-state index < -0.39 is 5.97 Å². The molecular formula is C25H37ClO4. The van der Waals surface area contributed by atoms with E-state index in [0.717, 1.165) is 22.3 Å². The molecule has 5 heteroatoms. The molecule has 1 N–H and O–H groups in total. The lowest BCUT2D eigenvalue weighted by Gasteiger charge is -2.07. The van der Waals surface area contributed by atoms with Crippen LogP contribution in [-0.4, -0.2) is 30.7 Å². The van der Waals surface area contributed by atoms with E-state index in [1.165, 1.54) is 32.4 Å². The first-order chi connectivity index (χ1) is 14.2. The highest BCUT2D eigenvalue weighted by molar-refractivity contribution is 6.19. The van der Waals surface area contributed by atoms with E-state index in [9.17, 15) is 4.79 Å². The number of aryl methyl sites for hydroxylation is 1. The van der Waals surface area contributed by atoms with Crippen LogP contribution in [0.4, 0.5) is 0 Å². The third-order valence-electron chi connectivity index (χ3n) is 3.77. The number of unbranched alkanes of at least 4 members (excludes halogenated alkanes) is 2. The van der Waals surface area contributed by atoms with Crippen LogP contribution in [0.5, 0.6) is 11.5 Å². The van der Waals surface area contributed by atoms with Gasteiger partial charge in [-0.15, -0.1) is 11.6 Å². The fraction of sp³-hybridized carbons (Fsp3) is 0.400. The van der Waals surface area contributed by atoms with Gasteiger partial charge in [-0.25, -0.2) is 4.79 Å². The average Bonchev–Trinajstić information content (AvgIpc) is 2.71. The summed E-state index contributed by atoms with van der Waals surface area (Å²) in [6.07, 6.45) is 7.66. The highest BCUT2D eigenvalue weighted by atomic mass is 35.5. The minimum absolute atomic E-state index is 0.123. The maximum atomic E-state index is 10.8. The van der Waals surface area contributed by atoms with Crippen molar-refractivity contribution in [1.29, 1.82) is 0 Å². The van der Waals surface area contributed by atoms with Crippen LogP contribution >= 0.6 is 11.6 Å². The van der Waals surface area contributed by atoms with Gasteiger partial charge in [-0.3, -0.25) is 0 Å². The molecule has 0 saturated carbocycles. The summed E-state index contributed by atoms with van der Waals surface area (Å²) in [6.45, 7) is 19.2. The highest BCUT2D eigenvalue weighted by Gasteiger charge is 2.04. The number of halogens is 1. The van der Waals surface area contributed by atoms with Gasteiger partial charge in [-0.1, -0.05) is 70.6 Å². The van der Waals surface area contributed by atoms with E-state index in [1.807, 2.05) is 13.0 Å². The lowest BCUT2D eigenvalue weighted by atomic mass is 10.0. The van der Waals surface area contributed by atoms with Crippen LogP contribution in [0.25, 0.3) is 0 Å². The second-order valence-electron chi connectivity index (χ2n) is 6.45. The number of esters is 1. The largest absolute Gasteiger partial charge is 0.508 e. The van der Waals surface area contributed by atoms with E-state index >= 15 is 0 Å². The van der Waals surface area contributed by atoms with Crippen molar-refractivity contribution in [3.8, 4) is 11.5 Å². The monoisotopic (exact) mass is 436 g/mol. The number of benzene rings is 1. The van der Waals surface area contributed by atoms with Gasteiger partial charge in [0.15, 0.2) is 6.61 Å². The molecule has 0 spiro atoms. The zero-order valence-electron chi connectivity index (χ0n) is 19.1. The summed E-state index contributed by atoms with van der Waals surface area (Å²) in [5.74, 6) is 0.785. The molecule has 0 bridgehead atoms. The maximum Gasteiger partial charge on any atom is 0.343 e. The lowest BCUT2D eigenvalue weighted by Crippen LogP contribution is -2.12. The molecule has 30 heavy (non-hydrogen) atoms. The average molecular weight is 437 g/mol. The van der Waals surface area contributed by atoms with Crippen molar-refractivity contribution in [3.63, 3.8) is 0 Å². The number of carbonyl (C=O) groups is 1. The Morgan fingerprint density at radius 3 is 2.20 bits per heavy atom. The van der Waals surface area contributed by atoms with E-state index in [2.05, 4.69) is 38.3 Å². The molecule has 0 aliphatic carbocycles. The molecule has 0 aromatic heterocycles. The van der Waals surface area contributed by atoms with E-state index in [0.29, 0.717) is 11.6 Å². The quantitative estimate of drug-likeness (QED) is 0.259. The Morgan fingerprint density at radius 2 is 1.83 bits per heavy atom. The summed E-state index contributed by atoms with van der Waals surface area (Å²) in [5, 5.41) is 9.11. The van der Waals surface area contributed by atoms with Gasteiger partial charge in [0.25, 0.3) is 0 Å². The normalized spacial score (nSPS) is 9.87. The Bertz CT molecular complexity index is 703. The summed E-state index contributed by atoms with van der Waals surface area (Å²) in [4.78, 5) is 10.8. The minimum Gasteiger partial charge on any atom is -0.508 e. The van der Waals surface area contributed by atoms with Crippen molar-refractivity contribution in [1.82, 2.24) is 0 Å². The number of ether oxygens (including phenoxy) is 2. The van der Waals surface area contributed by atoms with Gasteiger partial charge in [0.2, 0.25) is 0 Å². The predicted molar refractivity (Wildman–Crippen MR) is 129 cm³/mol. The van der Waals surface area contributed by atoms with Crippen molar-refractivity contribution in [3.05, 3.63) is 72.4 Å². The fourth-order valence-electron chi connectivity index (χ4n) is 2.11. The molecule has 4 nitrogen and oxygen atoms in total. The van der Waals surface area contributed by atoms with Gasteiger partial charge in [-0.05, 0) is 48.8 Å². The van der Waals surface area contributed by atoms with Gasteiger partial charge >= 0.3 is 5.97 Å². The van der Waals surface area contributed by atoms with E-state index in [1.54, 1.807) is 25.1 Å². The number of hydrogen-bond acceptors (Lipinski definition) is 4. The Morgan fingerprint density at radius 1 is 1.23 bits per heavy atom. The zero-order valence-corrected chi connectivity index (χ0v) is 19.8. The fourth-order valence-corrected chi connectivity index (χ4v) is 2.27. The molecule has 1 rings (SSSR count). The first-order valence-electron chi connectivity index (χ1n) is 9.91. The first-order valence-corrected chi connectivity index (χ1v) is 10.4. The smallest absolute Gasteiger partial charge is 0.343 e. The SMILES string of the molecule is C=CC(=C)/C(=C/CCl)C(=C)C.CCCCC.COC(=O)COc1ccc(O)cc1C. The molecule has 1 aromatic carbocycles. The number of hydrogen-bond donors (Lipinski definition) is 1. The molecule has 168 valence electrons.